The number of anilines is 1. The predicted octanol–water partition coefficient (Wildman–Crippen LogP) is 2.94. The second-order valence-electron chi connectivity index (χ2n) is 5.72. The number of carbonyl (C=O) groups is 1. The van der Waals surface area contributed by atoms with Crippen LogP contribution < -0.4 is 10.6 Å². The van der Waals surface area contributed by atoms with Gasteiger partial charge >= 0.3 is 0 Å². The van der Waals surface area contributed by atoms with Crippen LogP contribution in [-0.4, -0.2) is 25.6 Å². The van der Waals surface area contributed by atoms with Crippen LogP contribution in [0.3, 0.4) is 0 Å². The van der Waals surface area contributed by atoms with Crippen LogP contribution in [0.25, 0.3) is 0 Å². The molecular formula is C19H18FN3O. The van der Waals surface area contributed by atoms with Gasteiger partial charge in [0.05, 0.1) is 13.1 Å². The van der Waals surface area contributed by atoms with Gasteiger partial charge in [0, 0.05) is 35.3 Å². The lowest BCUT2D eigenvalue weighted by Gasteiger charge is -2.18. The molecule has 0 aliphatic carbocycles. The van der Waals surface area contributed by atoms with Crippen LogP contribution in [0.2, 0.25) is 0 Å². The SMILES string of the molecule is NC1=C(C=NCc2cccc(F)c2)CN(c2cccc(C=O)c2)C1. The Bertz CT molecular complexity index is 814. The molecule has 0 atom stereocenters. The zero-order chi connectivity index (χ0) is 16.9. The minimum Gasteiger partial charge on any atom is -0.400 e. The zero-order valence-electron chi connectivity index (χ0n) is 13.2. The molecule has 5 heteroatoms. The Kier molecular flexibility index (Phi) is 4.70. The third-order valence-corrected chi connectivity index (χ3v) is 3.92. The second kappa shape index (κ2) is 7.08. The minimum absolute atomic E-state index is 0.261. The number of rotatable bonds is 5. The van der Waals surface area contributed by atoms with E-state index >= 15 is 0 Å². The molecule has 0 saturated heterocycles. The summed E-state index contributed by atoms with van der Waals surface area (Å²) >= 11 is 0. The van der Waals surface area contributed by atoms with E-state index in [1.165, 1.54) is 12.1 Å². The highest BCUT2D eigenvalue weighted by Gasteiger charge is 2.19. The normalized spacial score (nSPS) is 14.6. The maximum absolute atomic E-state index is 13.1. The van der Waals surface area contributed by atoms with E-state index < -0.39 is 0 Å². The van der Waals surface area contributed by atoms with E-state index in [0.29, 0.717) is 25.2 Å². The number of nitrogens with two attached hydrogens (primary N) is 1. The number of carbonyl (C=O) groups excluding carboxylic acids is 1. The van der Waals surface area contributed by atoms with Gasteiger partial charge in [-0.25, -0.2) is 4.39 Å². The fourth-order valence-corrected chi connectivity index (χ4v) is 2.67. The molecule has 0 amide bonds. The molecule has 1 aliphatic heterocycles. The van der Waals surface area contributed by atoms with E-state index in [4.69, 9.17) is 5.73 Å². The molecule has 0 fully saturated rings. The first kappa shape index (κ1) is 15.9. The molecule has 2 aromatic rings. The van der Waals surface area contributed by atoms with Gasteiger partial charge in [-0.15, -0.1) is 0 Å². The van der Waals surface area contributed by atoms with Crippen molar-refractivity contribution in [1.29, 1.82) is 0 Å². The summed E-state index contributed by atoms with van der Waals surface area (Å²) in [5.74, 6) is -0.261. The first-order chi connectivity index (χ1) is 11.7. The Morgan fingerprint density at radius 3 is 2.79 bits per heavy atom. The van der Waals surface area contributed by atoms with E-state index in [1.807, 2.05) is 24.3 Å². The van der Waals surface area contributed by atoms with Crippen LogP contribution in [0, 0.1) is 5.82 Å². The van der Waals surface area contributed by atoms with Crippen LogP contribution in [0.1, 0.15) is 15.9 Å². The van der Waals surface area contributed by atoms with Gasteiger partial charge in [0.1, 0.15) is 12.1 Å². The quantitative estimate of drug-likeness (QED) is 0.680. The molecule has 3 rings (SSSR count). The molecule has 122 valence electrons. The molecule has 2 aromatic carbocycles. The Labute approximate surface area is 140 Å². The van der Waals surface area contributed by atoms with Crippen molar-refractivity contribution in [2.45, 2.75) is 6.54 Å². The molecule has 0 radical (unpaired) electrons. The van der Waals surface area contributed by atoms with Crippen LogP contribution in [0.5, 0.6) is 0 Å². The van der Waals surface area contributed by atoms with Crippen LogP contribution >= 0.6 is 0 Å². The molecule has 4 nitrogen and oxygen atoms in total. The first-order valence-electron chi connectivity index (χ1n) is 7.67. The average molecular weight is 323 g/mol. The van der Waals surface area contributed by atoms with Crippen molar-refractivity contribution in [2.24, 2.45) is 10.7 Å². The van der Waals surface area contributed by atoms with E-state index in [9.17, 15) is 9.18 Å². The molecule has 2 N–H and O–H groups in total. The number of benzene rings is 2. The zero-order valence-corrected chi connectivity index (χ0v) is 13.2. The Morgan fingerprint density at radius 1 is 1.17 bits per heavy atom. The summed E-state index contributed by atoms with van der Waals surface area (Å²) in [5.41, 5.74) is 10.2. The van der Waals surface area contributed by atoms with Crippen molar-refractivity contribution in [2.75, 3.05) is 18.0 Å². The maximum Gasteiger partial charge on any atom is 0.150 e. The highest BCUT2D eigenvalue weighted by Crippen LogP contribution is 2.22. The first-order valence-corrected chi connectivity index (χ1v) is 7.67. The topological polar surface area (TPSA) is 58.7 Å². The van der Waals surface area contributed by atoms with Gasteiger partial charge in [-0.1, -0.05) is 24.3 Å². The van der Waals surface area contributed by atoms with Gasteiger partial charge < -0.3 is 10.6 Å². The van der Waals surface area contributed by atoms with Crippen molar-refractivity contribution >= 4 is 18.2 Å². The summed E-state index contributed by atoms with van der Waals surface area (Å²) in [4.78, 5) is 17.4. The van der Waals surface area contributed by atoms with E-state index in [-0.39, 0.29) is 5.82 Å². The fourth-order valence-electron chi connectivity index (χ4n) is 2.67. The van der Waals surface area contributed by atoms with Crippen molar-refractivity contribution < 1.29 is 9.18 Å². The lowest BCUT2D eigenvalue weighted by Crippen LogP contribution is -2.21. The van der Waals surface area contributed by atoms with Gasteiger partial charge in [-0.3, -0.25) is 9.79 Å². The smallest absolute Gasteiger partial charge is 0.150 e. The minimum atomic E-state index is -0.261. The number of hydrogen-bond donors (Lipinski definition) is 1. The molecule has 1 aliphatic rings. The summed E-state index contributed by atoms with van der Waals surface area (Å²) in [6.07, 6.45) is 2.58. The summed E-state index contributed by atoms with van der Waals surface area (Å²) in [7, 11) is 0. The molecule has 0 saturated carbocycles. The van der Waals surface area contributed by atoms with Crippen molar-refractivity contribution in [3.05, 3.63) is 76.7 Å². The van der Waals surface area contributed by atoms with Crippen LogP contribution in [0.15, 0.2) is 64.8 Å². The largest absolute Gasteiger partial charge is 0.400 e. The molecule has 1 heterocycles. The summed E-state index contributed by atoms with van der Waals surface area (Å²) < 4.78 is 13.1. The predicted molar refractivity (Wildman–Crippen MR) is 93.9 cm³/mol. The molecular weight excluding hydrogens is 305 g/mol. The third kappa shape index (κ3) is 3.68. The average Bonchev–Trinajstić information content (AvgIpc) is 2.96. The Balaban J connectivity index is 1.65. The highest BCUT2D eigenvalue weighted by atomic mass is 19.1. The van der Waals surface area contributed by atoms with Gasteiger partial charge in [0.25, 0.3) is 0 Å². The van der Waals surface area contributed by atoms with E-state index in [2.05, 4.69) is 9.89 Å². The molecule has 0 aromatic heterocycles. The monoisotopic (exact) mass is 323 g/mol. The van der Waals surface area contributed by atoms with Crippen molar-refractivity contribution in [1.82, 2.24) is 0 Å². The van der Waals surface area contributed by atoms with Crippen LogP contribution in [0.4, 0.5) is 10.1 Å². The third-order valence-electron chi connectivity index (χ3n) is 3.92. The van der Waals surface area contributed by atoms with Crippen molar-refractivity contribution in [3.63, 3.8) is 0 Å². The summed E-state index contributed by atoms with van der Waals surface area (Å²) in [6.45, 7) is 1.65. The lowest BCUT2D eigenvalue weighted by atomic mass is 10.2. The van der Waals surface area contributed by atoms with Gasteiger partial charge in [-0.05, 0) is 29.8 Å². The highest BCUT2D eigenvalue weighted by molar-refractivity contribution is 5.83. The van der Waals surface area contributed by atoms with Crippen LogP contribution in [-0.2, 0) is 6.54 Å². The Morgan fingerprint density at radius 2 is 2.00 bits per heavy atom. The summed E-state index contributed by atoms with van der Waals surface area (Å²) in [6, 6.07) is 13.8. The number of nitrogens with zero attached hydrogens (tertiary/aromatic N) is 2. The number of aliphatic imine (C=N–C) groups is 1. The maximum atomic E-state index is 13.1. The molecule has 0 spiro atoms. The molecule has 0 unspecified atom stereocenters. The number of aldehydes is 1. The van der Waals surface area contributed by atoms with Gasteiger partial charge in [0.2, 0.25) is 0 Å². The van der Waals surface area contributed by atoms with E-state index in [0.717, 1.165) is 28.8 Å². The molecule has 0 bridgehead atoms. The molecule has 24 heavy (non-hydrogen) atoms. The summed E-state index contributed by atoms with van der Waals surface area (Å²) in [5, 5.41) is 0. The van der Waals surface area contributed by atoms with Gasteiger partial charge in [0.15, 0.2) is 0 Å². The van der Waals surface area contributed by atoms with E-state index in [1.54, 1.807) is 18.3 Å². The standard InChI is InChI=1S/C19H18FN3O/c20-17-5-1-3-14(7-17)9-22-10-16-11-23(12-19(16)21)18-6-2-4-15(8-18)13-24/h1-8,10,13H,9,11-12,21H2. The second-order valence-corrected chi connectivity index (χ2v) is 5.72. The lowest BCUT2D eigenvalue weighted by molar-refractivity contribution is 0.112. The Hall–Kier alpha value is -2.95. The fraction of sp³-hybridized carbons (Fsp3) is 0.158. The number of hydrogen-bond acceptors (Lipinski definition) is 4. The number of halogens is 1. The van der Waals surface area contributed by atoms with Gasteiger partial charge in [-0.2, -0.15) is 0 Å². The van der Waals surface area contributed by atoms with Crippen molar-refractivity contribution in [3.8, 4) is 0 Å².